The van der Waals surface area contributed by atoms with Gasteiger partial charge in [0, 0.05) is 23.7 Å². The van der Waals surface area contributed by atoms with E-state index in [1.165, 1.54) is 0 Å². The van der Waals surface area contributed by atoms with Crippen LogP contribution in [0.15, 0.2) is 18.2 Å². The predicted molar refractivity (Wildman–Crippen MR) is 84.7 cm³/mol. The summed E-state index contributed by atoms with van der Waals surface area (Å²) in [5.41, 5.74) is 8.24. The second-order valence-electron chi connectivity index (χ2n) is 4.83. The van der Waals surface area contributed by atoms with Gasteiger partial charge < -0.3 is 16.0 Å². The summed E-state index contributed by atoms with van der Waals surface area (Å²) in [6.45, 7) is 4.81. The van der Waals surface area contributed by atoms with Gasteiger partial charge in [0.1, 0.15) is 0 Å². The lowest BCUT2D eigenvalue weighted by Gasteiger charge is -2.15. The Balaban J connectivity index is 2.52. The highest BCUT2D eigenvalue weighted by molar-refractivity contribution is 8.00. The lowest BCUT2D eigenvalue weighted by Crippen LogP contribution is -2.25. The molecule has 0 aromatic heterocycles. The van der Waals surface area contributed by atoms with Gasteiger partial charge in [-0.1, -0.05) is 6.07 Å². The Kier molecular flexibility index (Phi) is 6.18. The fourth-order valence-corrected chi connectivity index (χ4v) is 2.55. The second-order valence-corrected chi connectivity index (χ2v) is 6.27. The van der Waals surface area contributed by atoms with Crippen molar-refractivity contribution in [1.82, 2.24) is 4.90 Å². The van der Waals surface area contributed by atoms with Gasteiger partial charge in [-0.2, -0.15) is 0 Å². The zero-order valence-corrected chi connectivity index (χ0v) is 12.9. The quantitative estimate of drug-likeness (QED) is 0.785. The summed E-state index contributed by atoms with van der Waals surface area (Å²) in [5.74, 6) is 0.967. The molecule has 0 heterocycles. The van der Waals surface area contributed by atoms with Crippen LogP contribution in [-0.4, -0.2) is 42.4 Å². The molecule has 0 aliphatic rings. The van der Waals surface area contributed by atoms with Crippen LogP contribution in [0.3, 0.4) is 0 Å². The van der Waals surface area contributed by atoms with Gasteiger partial charge in [0.05, 0.1) is 5.25 Å². The van der Waals surface area contributed by atoms with Crippen LogP contribution in [0.1, 0.15) is 12.5 Å². The highest BCUT2D eigenvalue weighted by atomic mass is 32.2. The number of nitrogens with zero attached hydrogens (tertiary/aromatic N) is 1. The van der Waals surface area contributed by atoms with Gasteiger partial charge in [-0.3, -0.25) is 4.79 Å². The van der Waals surface area contributed by atoms with Crippen LogP contribution in [0.4, 0.5) is 11.4 Å². The number of rotatable bonds is 6. The first-order valence-corrected chi connectivity index (χ1v) is 7.39. The molecule has 106 valence electrons. The van der Waals surface area contributed by atoms with Crippen LogP contribution in [0.25, 0.3) is 0 Å². The Morgan fingerprint density at radius 2 is 2.16 bits per heavy atom. The van der Waals surface area contributed by atoms with Crippen molar-refractivity contribution in [1.29, 1.82) is 0 Å². The summed E-state index contributed by atoms with van der Waals surface area (Å²) >= 11 is 1.66. The Labute approximate surface area is 119 Å². The van der Waals surface area contributed by atoms with E-state index in [9.17, 15) is 4.79 Å². The van der Waals surface area contributed by atoms with Gasteiger partial charge in [0.25, 0.3) is 0 Å². The summed E-state index contributed by atoms with van der Waals surface area (Å²) in [7, 11) is 4.06. The maximum absolute atomic E-state index is 12.1. The van der Waals surface area contributed by atoms with Crippen LogP contribution in [0.2, 0.25) is 0 Å². The molecule has 4 nitrogen and oxygen atoms in total. The van der Waals surface area contributed by atoms with Crippen LogP contribution >= 0.6 is 11.8 Å². The molecule has 1 aromatic carbocycles. The molecular weight excluding hydrogens is 258 g/mol. The number of nitrogen functional groups attached to an aromatic ring is 1. The maximum Gasteiger partial charge on any atom is 0.237 e. The van der Waals surface area contributed by atoms with E-state index in [2.05, 4.69) is 10.2 Å². The lowest BCUT2D eigenvalue weighted by molar-refractivity contribution is -0.115. The molecule has 0 spiro atoms. The van der Waals surface area contributed by atoms with E-state index in [1.54, 1.807) is 11.8 Å². The highest BCUT2D eigenvalue weighted by Crippen LogP contribution is 2.21. The smallest absolute Gasteiger partial charge is 0.237 e. The normalized spacial score (nSPS) is 12.5. The van der Waals surface area contributed by atoms with Gasteiger partial charge in [0.15, 0.2) is 0 Å². The summed E-state index contributed by atoms with van der Waals surface area (Å²) in [5, 5.41) is 2.87. The molecule has 0 aliphatic carbocycles. The number of hydrogen-bond donors (Lipinski definition) is 2. The third kappa shape index (κ3) is 5.12. The Bertz CT molecular complexity index is 435. The molecule has 1 unspecified atom stereocenters. The van der Waals surface area contributed by atoms with Gasteiger partial charge in [-0.05, 0) is 45.6 Å². The highest BCUT2D eigenvalue weighted by Gasteiger charge is 2.14. The molecule has 5 heteroatoms. The zero-order valence-electron chi connectivity index (χ0n) is 12.1. The topological polar surface area (TPSA) is 58.4 Å². The minimum atomic E-state index is -0.0687. The van der Waals surface area contributed by atoms with Crippen LogP contribution in [0.5, 0.6) is 0 Å². The number of thioether (sulfide) groups is 1. The van der Waals surface area contributed by atoms with Crippen LogP contribution in [-0.2, 0) is 4.79 Å². The zero-order chi connectivity index (χ0) is 14.4. The molecule has 0 aliphatic heterocycles. The molecule has 3 N–H and O–H groups in total. The predicted octanol–water partition coefficient (Wildman–Crippen LogP) is 2.20. The summed E-state index contributed by atoms with van der Waals surface area (Å²) in [6.07, 6.45) is 0. The molecule has 0 bridgehead atoms. The van der Waals surface area contributed by atoms with E-state index in [1.807, 2.05) is 46.1 Å². The average Bonchev–Trinajstić information content (AvgIpc) is 2.34. The van der Waals surface area contributed by atoms with Crippen molar-refractivity contribution in [2.24, 2.45) is 0 Å². The third-order valence-electron chi connectivity index (χ3n) is 2.91. The number of carbonyl (C=O) groups is 1. The van der Waals surface area contributed by atoms with E-state index in [0.717, 1.165) is 23.5 Å². The average molecular weight is 281 g/mol. The van der Waals surface area contributed by atoms with E-state index >= 15 is 0 Å². The number of benzene rings is 1. The molecule has 1 aromatic rings. The first kappa shape index (κ1) is 15.9. The number of anilines is 2. The molecule has 1 atom stereocenters. The van der Waals surface area contributed by atoms with Gasteiger partial charge in [-0.15, -0.1) is 11.8 Å². The van der Waals surface area contributed by atoms with Crippen molar-refractivity contribution in [2.75, 3.05) is 37.4 Å². The van der Waals surface area contributed by atoms with Crippen molar-refractivity contribution in [3.05, 3.63) is 23.8 Å². The Hall–Kier alpha value is -1.20. The monoisotopic (exact) mass is 281 g/mol. The fraction of sp³-hybridized carbons (Fsp3) is 0.500. The van der Waals surface area contributed by atoms with Crippen molar-refractivity contribution in [3.63, 3.8) is 0 Å². The molecule has 0 saturated carbocycles. The summed E-state index contributed by atoms with van der Waals surface area (Å²) in [4.78, 5) is 14.2. The summed E-state index contributed by atoms with van der Waals surface area (Å²) in [6, 6.07) is 5.56. The van der Waals surface area contributed by atoms with Gasteiger partial charge in [-0.25, -0.2) is 0 Å². The standard InChI is InChI=1S/C14H23N3OS/c1-10-12(15)6-5-7-13(10)16-14(18)11(2)19-9-8-17(3)4/h5-7,11H,8-9,15H2,1-4H3,(H,16,18). The van der Waals surface area contributed by atoms with E-state index in [0.29, 0.717) is 5.69 Å². The SMILES string of the molecule is Cc1c(N)cccc1NC(=O)C(C)SCCN(C)C. The molecule has 19 heavy (non-hydrogen) atoms. The fourth-order valence-electron chi connectivity index (χ4n) is 1.51. The second kappa shape index (κ2) is 7.40. The van der Waals surface area contributed by atoms with E-state index in [4.69, 9.17) is 5.73 Å². The number of nitrogens with two attached hydrogens (primary N) is 1. The maximum atomic E-state index is 12.1. The van der Waals surface area contributed by atoms with Gasteiger partial charge in [0.2, 0.25) is 5.91 Å². The van der Waals surface area contributed by atoms with Crippen molar-refractivity contribution in [2.45, 2.75) is 19.1 Å². The van der Waals surface area contributed by atoms with Crippen molar-refractivity contribution < 1.29 is 4.79 Å². The molecule has 0 saturated heterocycles. The lowest BCUT2D eigenvalue weighted by atomic mass is 10.1. The Morgan fingerprint density at radius 3 is 2.79 bits per heavy atom. The largest absolute Gasteiger partial charge is 0.398 e. The molecule has 1 rings (SSSR count). The van der Waals surface area contributed by atoms with Crippen molar-refractivity contribution >= 4 is 29.0 Å². The molecule has 1 amide bonds. The Morgan fingerprint density at radius 1 is 1.47 bits per heavy atom. The molecule has 0 fully saturated rings. The van der Waals surface area contributed by atoms with Crippen LogP contribution < -0.4 is 11.1 Å². The summed E-state index contributed by atoms with van der Waals surface area (Å²) < 4.78 is 0. The number of hydrogen-bond acceptors (Lipinski definition) is 4. The molecule has 0 radical (unpaired) electrons. The first-order chi connectivity index (χ1) is 8.91. The van der Waals surface area contributed by atoms with E-state index < -0.39 is 0 Å². The molecular formula is C14H23N3OS. The number of nitrogens with one attached hydrogen (secondary N) is 1. The first-order valence-electron chi connectivity index (χ1n) is 6.34. The third-order valence-corrected chi connectivity index (χ3v) is 4.04. The minimum absolute atomic E-state index is 0.0254. The van der Waals surface area contributed by atoms with Crippen LogP contribution in [0, 0.1) is 6.92 Å². The van der Waals surface area contributed by atoms with Gasteiger partial charge >= 0.3 is 0 Å². The minimum Gasteiger partial charge on any atom is -0.398 e. The van der Waals surface area contributed by atoms with Crippen molar-refractivity contribution in [3.8, 4) is 0 Å². The van der Waals surface area contributed by atoms with E-state index in [-0.39, 0.29) is 11.2 Å². The number of amides is 1. The number of carbonyl (C=O) groups excluding carboxylic acids is 1.